The Bertz CT molecular complexity index is 1150. The average molecular weight is 720 g/mol. The molecule has 0 radical (unpaired) electrons. The molecule has 36 heavy (non-hydrogen) atoms. The number of para-hydroxylation sites is 1. The zero-order chi connectivity index (χ0) is 26.4. The third-order valence-electron chi connectivity index (χ3n) is 6.72. The number of nitrogens with one attached hydrogen (secondary N) is 1. The summed E-state index contributed by atoms with van der Waals surface area (Å²) in [6, 6.07) is 7.44. The molecule has 0 amide bonds. The highest BCUT2D eigenvalue weighted by Crippen LogP contribution is 2.39. The first-order chi connectivity index (χ1) is 17.2. The van der Waals surface area contributed by atoms with Gasteiger partial charge in [-0.3, -0.25) is 9.59 Å². The Hall–Kier alpha value is -1.40. The molecule has 0 fully saturated rings. The van der Waals surface area contributed by atoms with Crippen LogP contribution in [0.1, 0.15) is 57.2 Å². The molecule has 1 aliphatic rings. The topological polar surface area (TPSA) is 70.2 Å². The van der Waals surface area contributed by atoms with Crippen molar-refractivity contribution in [3.63, 3.8) is 0 Å². The number of ether oxygens (including phenoxy) is 2. The van der Waals surface area contributed by atoms with E-state index in [1.807, 2.05) is 51.1 Å². The van der Waals surface area contributed by atoms with Crippen molar-refractivity contribution in [1.82, 2.24) is 0 Å². The number of halogens is 2. The van der Waals surface area contributed by atoms with Crippen molar-refractivity contribution in [3.05, 3.63) is 54.6 Å². The standard InChI is InChI=1S/C28H35I2NO5/c1-6-31(7-2)12-13-34-28-21(29)14-19(15-22(28)30)27(33)26-20-10-8-9-11-23(20)36-24(26)16-25(32)35-18(5)17(3)4/h8-11,14,17-19H,6-7,12-13,15-16H2,1-5H3/p+1. The summed E-state index contributed by atoms with van der Waals surface area (Å²) in [6.07, 6.45) is 2.26. The minimum atomic E-state index is -0.390. The zero-order valence-electron chi connectivity index (χ0n) is 21.7. The Morgan fingerprint density at radius 2 is 1.83 bits per heavy atom. The van der Waals surface area contributed by atoms with E-state index in [2.05, 4.69) is 59.0 Å². The quantitative estimate of drug-likeness (QED) is 0.174. The monoisotopic (exact) mass is 720 g/mol. The van der Waals surface area contributed by atoms with Crippen LogP contribution in [0.5, 0.6) is 0 Å². The molecule has 1 aromatic carbocycles. The molecular weight excluding hydrogens is 684 g/mol. The number of allylic oxidation sites excluding steroid dienone is 3. The molecule has 3 rings (SSSR count). The summed E-state index contributed by atoms with van der Waals surface area (Å²) >= 11 is 4.55. The number of rotatable bonds is 12. The second-order valence-corrected chi connectivity index (χ2v) is 12.0. The smallest absolute Gasteiger partial charge is 0.313 e. The van der Waals surface area contributed by atoms with Gasteiger partial charge in [-0.1, -0.05) is 38.1 Å². The number of carbonyl (C=O) groups is 2. The van der Waals surface area contributed by atoms with Crippen LogP contribution in [0.15, 0.2) is 47.7 Å². The molecule has 0 bridgehead atoms. The number of hydrogen-bond donors (Lipinski definition) is 1. The summed E-state index contributed by atoms with van der Waals surface area (Å²) < 4.78 is 19.7. The van der Waals surface area contributed by atoms with Crippen LogP contribution in [0.3, 0.4) is 0 Å². The van der Waals surface area contributed by atoms with Gasteiger partial charge in [0.25, 0.3) is 0 Å². The maximum atomic E-state index is 13.9. The number of benzene rings is 1. The second kappa shape index (κ2) is 13.4. The Kier molecular flexibility index (Phi) is 10.9. The highest BCUT2D eigenvalue weighted by molar-refractivity contribution is 14.1. The van der Waals surface area contributed by atoms with Gasteiger partial charge in [0.05, 0.1) is 22.2 Å². The first-order valence-electron chi connectivity index (χ1n) is 12.6. The maximum Gasteiger partial charge on any atom is 0.313 e. The molecule has 2 atom stereocenters. The van der Waals surface area contributed by atoms with E-state index in [0.717, 1.165) is 37.9 Å². The molecule has 0 saturated heterocycles. The van der Waals surface area contributed by atoms with E-state index in [1.165, 1.54) is 4.90 Å². The molecule has 2 unspecified atom stereocenters. The zero-order valence-corrected chi connectivity index (χ0v) is 26.0. The minimum absolute atomic E-state index is 0.0466. The fourth-order valence-corrected chi connectivity index (χ4v) is 6.49. The van der Waals surface area contributed by atoms with Crippen molar-refractivity contribution < 1.29 is 28.4 Å². The van der Waals surface area contributed by atoms with Crippen LogP contribution in [0.25, 0.3) is 11.0 Å². The molecule has 8 heteroatoms. The maximum absolute atomic E-state index is 13.9. The Morgan fingerprint density at radius 3 is 2.47 bits per heavy atom. The number of esters is 1. The van der Waals surface area contributed by atoms with E-state index in [0.29, 0.717) is 29.9 Å². The highest BCUT2D eigenvalue weighted by atomic mass is 127. The lowest BCUT2D eigenvalue weighted by molar-refractivity contribution is -0.896. The predicted octanol–water partition coefficient (Wildman–Crippen LogP) is 5.67. The number of quaternary nitrogens is 1. The number of ketones is 1. The van der Waals surface area contributed by atoms with Gasteiger partial charge in [0.15, 0.2) is 5.78 Å². The van der Waals surface area contributed by atoms with E-state index < -0.39 is 5.97 Å². The number of hydrogen-bond acceptors (Lipinski definition) is 5. The van der Waals surface area contributed by atoms with E-state index in [-0.39, 0.29) is 30.1 Å². The van der Waals surface area contributed by atoms with Crippen LogP contribution in [0, 0.1) is 11.8 Å². The van der Waals surface area contributed by atoms with E-state index in [1.54, 1.807) is 0 Å². The minimum Gasteiger partial charge on any atom is -0.486 e. The van der Waals surface area contributed by atoms with Crippen LogP contribution in [-0.4, -0.2) is 44.1 Å². The molecule has 6 nitrogen and oxygen atoms in total. The molecule has 196 valence electrons. The number of furan rings is 1. The number of Topliss-reactive ketones (excluding diaryl/α,β-unsaturated/α-hetero) is 1. The third-order valence-corrected chi connectivity index (χ3v) is 8.50. The summed E-state index contributed by atoms with van der Waals surface area (Å²) in [7, 11) is 0. The summed E-state index contributed by atoms with van der Waals surface area (Å²) in [6.45, 7) is 14.0. The first-order valence-corrected chi connectivity index (χ1v) is 14.8. The fourth-order valence-electron chi connectivity index (χ4n) is 4.14. The van der Waals surface area contributed by atoms with Crippen LogP contribution in [0.4, 0.5) is 0 Å². The lowest BCUT2D eigenvalue weighted by atomic mass is 9.89. The molecule has 1 N–H and O–H groups in total. The van der Waals surface area contributed by atoms with Gasteiger partial charge in [-0.05, 0) is 84.4 Å². The first kappa shape index (κ1) is 29.2. The summed E-state index contributed by atoms with van der Waals surface area (Å²) in [5.41, 5.74) is 1.08. The van der Waals surface area contributed by atoms with Gasteiger partial charge in [-0.15, -0.1) is 0 Å². The molecule has 2 aromatic rings. The van der Waals surface area contributed by atoms with E-state index >= 15 is 0 Å². The van der Waals surface area contributed by atoms with Crippen LogP contribution >= 0.6 is 45.2 Å². The second-order valence-electron chi connectivity index (χ2n) is 9.49. The Labute approximate surface area is 241 Å². The molecule has 1 aromatic heterocycles. The van der Waals surface area contributed by atoms with Crippen molar-refractivity contribution in [2.75, 3.05) is 26.2 Å². The van der Waals surface area contributed by atoms with Crippen molar-refractivity contribution in [2.45, 2.75) is 53.6 Å². The third kappa shape index (κ3) is 7.12. The lowest BCUT2D eigenvalue weighted by Crippen LogP contribution is -3.11. The average Bonchev–Trinajstić information content (AvgIpc) is 3.20. The SMILES string of the molecule is CC[NH+](CC)CCOC1=C(I)CC(C(=O)c2c(CC(=O)OC(C)C(C)C)oc3ccccc23)C=C1I. The van der Waals surface area contributed by atoms with Crippen molar-refractivity contribution >= 4 is 67.9 Å². The highest BCUT2D eigenvalue weighted by Gasteiger charge is 2.32. The largest absolute Gasteiger partial charge is 0.486 e. The molecule has 0 spiro atoms. The van der Waals surface area contributed by atoms with Crippen LogP contribution in [0.2, 0.25) is 0 Å². The molecule has 1 aliphatic carbocycles. The molecule has 0 aliphatic heterocycles. The van der Waals surface area contributed by atoms with E-state index in [4.69, 9.17) is 13.9 Å². The van der Waals surface area contributed by atoms with Crippen molar-refractivity contribution in [2.24, 2.45) is 11.8 Å². The predicted molar refractivity (Wildman–Crippen MR) is 159 cm³/mol. The number of likely N-dealkylation sites (N-methyl/N-ethyl adjacent to an activating group) is 1. The van der Waals surface area contributed by atoms with Crippen molar-refractivity contribution in [1.29, 1.82) is 0 Å². The number of carbonyl (C=O) groups excluding carboxylic acids is 2. The fraction of sp³-hybridized carbons (Fsp3) is 0.500. The summed E-state index contributed by atoms with van der Waals surface area (Å²) in [4.78, 5) is 28.0. The van der Waals surface area contributed by atoms with Gasteiger partial charge in [0.1, 0.15) is 42.8 Å². The summed E-state index contributed by atoms with van der Waals surface area (Å²) in [5.74, 6) is 0.658. The number of fused-ring (bicyclic) bond motifs is 1. The molecule has 1 heterocycles. The lowest BCUT2D eigenvalue weighted by Gasteiger charge is -2.23. The van der Waals surface area contributed by atoms with Gasteiger partial charge in [0, 0.05) is 14.9 Å². The van der Waals surface area contributed by atoms with Crippen LogP contribution in [-0.2, 0) is 20.7 Å². The van der Waals surface area contributed by atoms with Gasteiger partial charge < -0.3 is 18.8 Å². The van der Waals surface area contributed by atoms with Gasteiger partial charge in [0.2, 0.25) is 0 Å². The van der Waals surface area contributed by atoms with Gasteiger partial charge >= 0.3 is 5.97 Å². The Morgan fingerprint density at radius 1 is 1.14 bits per heavy atom. The van der Waals surface area contributed by atoms with Crippen molar-refractivity contribution in [3.8, 4) is 0 Å². The van der Waals surface area contributed by atoms with Crippen LogP contribution < -0.4 is 4.90 Å². The summed E-state index contributed by atoms with van der Waals surface area (Å²) in [5, 5.41) is 0.730. The van der Waals surface area contributed by atoms with E-state index in [9.17, 15) is 9.59 Å². The normalized spacial score (nSPS) is 17.0. The molecular formula is C28H36I2NO5+. The van der Waals surface area contributed by atoms with Gasteiger partial charge in [-0.2, -0.15) is 0 Å². The Balaban J connectivity index is 1.81. The van der Waals surface area contributed by atoms with Gasteiger partial charge in [-0.25, -0.2) is 0 Å². The molecule has 0 saturated carbocycles.